The second-order valence-electron chi connectivity index (χ2n) is 6.60. The molecule has 1 aliphatic heterocycles. The molecule has 1 N–H and O–H groups in total. The van der Waals surface area contributed by atoms with Crippen molar-refractivity contribution >= 4 is 52.1 Å². The van der Waals surface area contributed by atoms with Gasteiger partial charge in [0.2, 0.25) is 5.91 Å². The van der Waals surface area contributed by atoms with E-state index in [1.54, 1.807) is 59.5 Å². The van der Waals surface area contributed by atoms with Crippen molar-refractivity contribution in [2.45, 2.75) is 19.4 Å². The van der Waals surface area contributed by atoms with Gasteiger partial charge in [0.25, 0.3) is 5.91 Å². The molecule has 0 unspecified atom stereocenters. The Morgan fingerprint density at radius 3 is 2.67 bits per heavy atom. The smallest absolute Gasteiger partial charge is 0.256 e. The van der Waals surface area contributed by atoms with Crippen molar-refractivity contribution in [2.24, 2.45) is 0 Å². The van der Waals surface area contributed by atoms with Crippen LogP contribution in [0.15, 0.2) is 61.2 Å². The van der Waals surface area contributed by atoms with Crippen LogP contribution in [-0.2, 0) is 9.59 Å². The molecule has 8 heteroatoms. The zero-order chi connectivity index (χ0) is 21.7. The molecule has 0 bridgehead atoms. The molecule has 1 fully saturated rings. The van der Waals surface area contributed by atoms with Crippen molar-refractivity contribution in [1.82, 2.24) is 4.90 Å². The van der Waals surface area contributed by atoms with Gasteiger partial charge in [0.1, 0.15) is 11.8 Å². The van der Waals surface area contributed by atoms with Gasteiger partial charge < -0.3 is 15.0 Å². The monoisotopic (exact) mass is 443 g/mol. The molecule has 0 aliphatic carbocycles. The Hall–Kier alpha value is -2.90. The van der Waals surface area contributed by atoms with E-state index >= 15 is 0 Å². The highest BCUT2D eigenvalue weighted by Crippen LogP contribution is 2.29. The number of thiocarbonyl (C=S) groups is 1. The molecule has 2 aromatic carbocycles. The Morgan fingerprint density at radius 1 is 1.30 bits per heavy atom. The lowest BCUT2D eigenvalue weighted by Crippen LogP contribution is -2.37. The van der Waals surface area contributed by atoms with Crippen LogP contribution in [0, 0.1) is 0 Å². The van der Waals surface area contributed by atoms with Gasteiger partial charge in [-0.25, -0.2) is 0 Å². The van der Waals surface area contributed by atoms with E-state index in [9.17, 15) is 9.59 Å². The SMILES string of the molecule is C=CCN1C(=S)N(c2cccc(Cl)c2)C(=O)[C@H]1CC(=O)Nc1ccc(OCC)cc1. The highest BCUT2D eigenvalue weighted by atomic mass is 35.5. The van der Waals surface area contributed by atoms with E-state index in [2.05, 4.69) is 11.9 Å². The summed E-state index contributed by atoms with van der Waals surface area (Å²) in [5.41, 5.74) is 1.19. The first kappa shape index (κ1) is 21.8. The first-order valence-corrected chi connectivity index (χ1v) is 10.3. The maximum absolute atomic E-state index is 13.1. The van der Waals surface area contributed by atoms with Crippen LogP contribution < -0.4 is 15.0 Å². The molecule has 0 radical (unpaired) electrons. The van der Waals surface area contributed by atoms with Gasteiger partial charge in [-0.15, -0.1) is 6.58 Å². The fourth-order valence-corrected chi connectivity index (χ4v) is 3.80. The van der Waals surface area contributed by atoms with Crippen molar-refractivity contribution in [3.05, 3.63) is 66.2 Å². The Bertz CT molecular complexity index is 964. The molecular weight excluding hydrogens is 422 g/mol. The van der Waals surface area contributed by atoms with E-state index in [-0.39, 0.29) is 18.2 Å². The summed E-state index contributed by atoms with van der Waals surface area (Å²) in [5, 5.41) is 3.63. The van der Waals surface area contributed by atoms with Gasteiger partial charge in [0, 0.05) is 17.3 Å². The summed E-state index contributed by atoms with van der Waals surface area (Å²) < 4.78 is 5.40. The molecule has 2 amide bonds. The molecule has 3 rings (SSSR count). The Morgan fingerprint density at radius 2 is 2.03 bits per heavy atom. The van der Waals surface area contributed by atoms with Crippen LogP contribution in [0.1, 0.15) is 13.3 Å². The number of rotatable bonds is 8. The number of carbonyl (C=O) groups is 2. The van der Waals surface area contributed by atoms with Crippen LogP contribution in [0.2, 0.25) is 5.02 Å². The largest absolute Gasteiger partial charge is 0.494 e. The molecule has 2 aromatic rings. The molecule has 30 heavy (non-hydrogen) atoms. The first-order chi connectivity index (χ1) is 14.4. The van der Waals surface area contributed by atoms with Crippen molar-refractivity contribution in [3.63, 3.8) is 0 Å². The fourth-order valence-electron chi connectivity index (χ4n) is 3.22. The van der Waals surface area contributed by atoms with Gasteiger partial charge in [-0.05, 0) is 61.6 Å². The zero-order valence-corrected chi connectivity index (χ0v) is 18.1. The average molecular weight is 444 g/mol. The van der Waals surface area contributed by atoms with E-state index in [4.69, 9.17) is 28.6 Å². The standard InChI is InChI=1S/C22H22ClN3O3S/c1-3-12-25-19(14-20(27)24-16-8-10-18(11-9-16)29-4-2)21(28)26(22(25)30)17-7-5-6-15(23)13-17/h3,5-11,13,19H,1,4,12,14H2,2H3,(H,24,27)/t19-/m1/s1. The van der Waals surface area contributed by atoms with E-state index in [1.807, 2.05) is 6.92 Å². The van der Waals surface area contributed by atoms with Crippen LogP contribution in [-0.4, -0.2) is 41.0 Å². The number of carbonyl (C=O) groups excluding carboxylic acids is 2. The second-order valence-corrected chi connectivity index (χ2v) is 7.40. The number of nitrogens with one attached hydrogen (secondary N) is 1. The average Bonchev–Trinajstić information content (AvgIpc) is 2.94. The summed E-state index contributed by atoms with van der Waals surface area (Å²) in [6.07, 6.45) is 1.61. The van der Waals surface area contributed by atoms with Crippen molar-refractivity contribution in [2.75, 3.05) is 23.4 Å². The van der Waals surface area contributed by atoms with E-state index in [0.717, 1.165) is 5.75 Å². The zero-order valence-electron chi connectivity index (χ0n) is 16.5. The van der Waals surface area contributed by atoms with E-state index in [0.29, 0.717) is 34.7 Å². The van der Waals surface area contributed by atoms with Crippen molar-refractivity contribution < 1.29 is 14.3 Å². The predicted molar refractivity (Wildman–Crippen MR) is 123 cm³/mol. The number of anilines is 2. The summed E-state index contributed by atoms with van der Waals surface area (Å²) in [4.78, 5) is 28.9. The van der Waals surface area contributed by atoms with Gasteiger partial charge in [0.15, 0.2) is 5.11 Å². The van der Waals surface area contributed by atoms with Crippen LogP contribution in [0.25, 0.3) is 0 Å². The number of ether oxygens (including phenoxy) is 1. The number of benzene rings is 2. The van der Waals surface area contributed by atoms with Gasteiger partial charge >= 0.3 is 0 Å². The van der Waals surface area contributed by atoms with Crippen LogP contribution in [0.5, 0.6) is 5.75 Å². The fraction of sp³-hybridized carbons (Fsp3) is 0.227. The highest BCUT2D eigenvalue weighted by molar-refractivity contribution is 7.80. The highest BCUT2D eigenvalue weighted by Gasteiger charge is 2.43. The minimum Gasteiger partial charge on any atom is -0.494 e. The summed E-state index contributed by atoms with van der Waals surface area (Å²) in [6.45, 7) is 6.56. The topological polar surface area (TPSA) is 61.9 Å². The van der Waals surface area contributed by atoms with Crippen molar-refractivity contribution in [1.29, 1.82) is 0 Å². The molecule has 0 aromatic heterocycles. The summed E-state index contributed by atoms with van der Waals surface area (Å²) in [6, 6.07) is 13.2. The number of nitrogens with zero attached hydrogens (tertiary/aromatic N) is 2. The van der Waals surface area contributed by atoms with Crippen LogP contribution in [0.3, 0.4) is 0 Å². The maximum atomic E-state index is 13.1. The van der Waals surface area contributed by atoms with Crippen LogP contribution >= 0.6 is 23.8 Å². The lowest BCUT2D eigenvalue weighted by molar-refractivity contribution is -0.124. The van der Waals surface area contributed by atoms with Gasteiger partial charge in [-0.3, -0.25) is 14.5 Å². The molecule has 1 saturated heterocycles. The van der Waals surface area contributed by atoms with Crippen LogP contribution in [0.4, 0.5) is 11.4 Å². The van der Waals surface area contributed by atoms with Gasteiger partial charge in [-0.2, -0.15) is 0 Å². The van der Waals surface area contributed by atoms with Gasteiger partial charge in [-0.1, -0.05) is 23.7 Å². The molecule has 156 valence electrons. The first-order valence-electron chi connectivity index (χ1n) is 9.48. The van der Waals surface area contributed by atoms with E-state index in [1.165, 1.54) is 4.90 Å². The maximum Gasteiger partial charge on any atom is 0.256 e. The Balaban J connectivity index is 1.75. The number of amides is 2. The van der Waals surface area contributed by atoms with Crippen molar-refractivity contribution in [3.8, 4) is 5.75 Å². The minimum absolute atomic E-state index is 0.0446. The third-order valence-corrected chi connectivity index (χ3v) is 5.19. The number of hydrogen-bond acceptors (Lipinski definition) is 4. The molecule has 0 spiro atoms. The molecule has 0 saturated carbocycles. The Labute approximate surface area is 186 Å². The lowest BCUT2D eigenvalue weighted by Gasteiger charge is -2.22. The number of halogens is 1. The van der Waals surface area contributed by atoms with E-state index < -0.39 is 6.04 Å². The second kappa shape index (κ2) is 9.73. The minimum atomic E-state index is -0.725. The number of hydrogen-bond donors (Lipinski definition) is 1. The molecule has 6 nitrogen and oxygen atoms in total. The van der Waals surface area contributed by atoms with Gasteiger partial charge in [0.05, 0.1) is 18.7 Å². The molecular formula is C22H22ClN3O3S. The normalized spacial score (nSPS) is 16.0. The third-order valence-electron chi connectivity index (χ3n) is 4.54. The summed E-state index contributed by atoms with van der Waals surface area (Å²) in [7, 11) is 0. The molecule has 1 heterocycles. The molecule has 1 atom stereocenters. The lowest BCUT2D eigenvalue weighted by atomic mass is 10.1. The predicted octanol–water partition coefficient (Wildman–Crippen LogP) is 4.26. The third kappa shape index (κ3) is 4.80. The Kier molecular flexibility index (Phi) is 7.07. The molecule has 1 aliphatic rings. The summed E-state index contributed by atoms with van der Waals surface area (Å²) in [5.74, 6) is 0.161. The quantitative estimate of drug-likeness (QED) is 0.488. The summed E-state index contributed by atoms with van der Waals surface area (Å²) >= 11 is 11.6.